The molecular formula is C75H144O6. The summed E-state index contributed by atoms with van der Waals surface area (Å²) in [7, 11) is 0. The average Bonchev–Trinajstić information content (AvgIpc) is 3.47. The quantitative estimate of drug-likeness (QED) is 0.0261. The van der Waals surface area contributed by atoms with Crippen molar-refractivity contribution in [3.63, 3.8) is 0 Å². The van der Waals surface area contributed by atoms with E-state index < -0.39 is 6.10 Å². The predicted octanol–water partition coefficient (Wildman–Crippen LogP) is 25.6. The summed E-state index contributed by atoms with van der Waals surface area (Å²) in [5.74, 6) is -0.822. The first-order valence-corrected chi connectivity index (χ1v) is 37.2. The van der Waals surface area contributed by atoms with Crippen LogP contribution in [-0.4, -0.2) is 37.2 Å². The number of esters is 3. The first-order chi connectivity index (χ1) is 40.0. The van der Waals surface area contributed by atoms with E-state index in [1.54, 1.807) is 0 Å². The van der Waals surface area contributed by atoms with E-state index in [0.29, 0.717) is 19.3 Å². The van der Waals surface area contributed by atoms with Crippen LogP contribution in [0.25, 0.3) is 0 Å². The second-order valence-electron chi connectivity index (χ2n) is 25.6. The molecule has 0 radical (unpaired) electrons. The zero-order valence-electron chi connectivity index (χ0n) is 55.4. The lowest BCUT2D eigenvalue weighted by Crippen LogP contribution is -2.30. The zero-order valence-corrected chi connectivity index (χ0v) is 55.4. The number of unbranched alkanes of at least 4 members (excludes halogenated alkanes) is 57. The highest BCUT2D eigenvalue weighted by molar-refractivity contribution is 5.71. The fourth-order valence-electron chi connectivity index (χ4n) is 11.7. The molecule has 6 nitrogen and oxygen atoms in total. The van der Waals surface area contributed by atoms with E-state index >= 15 is 0 Å². The third-order valence-electron chi connectivity index (χ3n) is 17.3. The maximum atomic E-state index is 13.0. The molecule has 0 saturated carbocycles. The molecule has 0 aromatic rings. The van der Waals surface area contributed by atoms with Gasteiger partial charge in [0.25, 0.3) is 0 Å². The van der Waals surface area contributed by atoms with Gasteiger partial charge in [-0.05, 0) is 44.9 Å². The molecule has 0 aliphatic heterocycles. The number of carbonyl (C=O) groups is 3. The second kappa shape index (κ2) is 70.6. The van der Waals surface area contributed by atoms with E-state index in [9.17, 15) is 14.4 Å². The molecule has 1 unspecified atom stereocenters. The van der Waals surface area contributed by atoms with Crippen molar-refractivity contribution in [2.24, 2.45) is 0 Å². The highest BCUT2D eigenvalue weighted by Crippen LogP contribution is 2.19. The van der Waals surface area contributed by atoms with Crippen molar-refractivity contribution in [1.29, 1.82) is 0 Å². The number of hydrogen-bond acceptors (Lipinski definition) is 6. The summed E-state index contributed by atoms with van der Waals surface area (Å²) in [6.07, 6.45) is 85.3. The van der Waals surface area contributed by atoms with Gasteiger partial charge in [0.1, 0.15) is 13.2 Å². The molecule has 6 heteroatoms. The molecule has 0 aromatic heterocycles. The number of carbonyl (C=O) groups excluding carboxylic acids is 3. The Morgan fingerprint density at radius 2 is 0.407 bits per heavy atom. The van der Waals surface area contributed by atoms with Gasteiger partial charge in [0, 0.05) is 19.3 Å². The van der Waals surface area contributed by atoms with Crippen LogP contribution in [0, 0.1) is 0 Å². The fourth-order valence-corrected chi connectivity index (χ4v) is 11.7. The van der Waals surface area contributed by atoms with E-state index in [4.69, 9.17) is 14.2 Å². The van der Waals surface area contributed by atoms with Gasteiger partial charge in [-0.1, -0.05) is 380 Å². The van der Waals surface area contributed by atoms with Gasteiger partial charge in [-0.25, -0.2) is 0 Å². The third-order valence-corrected chi connectivity index (χ3v) is 17.3. The minimum Gasteiger partial charge on any atom is -0.462 e. The highest BCUT2D eigenvalue weighted by atomic mass is 16.6. The largest absolute Gasteiger partial charge is 0.462 e. The van der Waals surface area contributed by atoms with E-state index in [-0.39, 0.29) is 31.1 Å². The van der Waals surface area contributed by atoms with Crippen LogP contribution in [0.4, 0.5) is 0 Å². The van der Waals surface area contributed by atoms with E-state index in [2.05, 4.69) is 32.9 Å². The Kier molecular flexibility index (Phi) is 69.0. The Balaban J connectivity index is 4.24. The number of ether oxygens (including phenoxy) is 3. The molecule has 1 atom stereocenters. The van der Waals surface area contributed by atoms with Crippen molar-refractivity contribution >= 4 is 17.9 Å². The molecule has 0 aliphatic carbocycles. The topological polar surface area (TPSA) is 78.9 Å². The van der Waals surface area contributed by atoms with Crippen molar-refractivity contribution in [3.8, 4) is 0 Å². The van der Waals surface area contributed by atoms with Crippen LogP contribution in [0.15, 0.2) is 12.2 Å². The van der Waals surface area contributed by atoms with Gasteiger partial charge >= 0.3 is 17.9 Å². The molecular weight excluding hydrogens is 997 g/mol. The van der Waals surface area contributed by atoms with Crippen molar-refractivity contribution in [2.45, 2.75) is 438 Å². The standard InChI is InChI=1S/C75H144O6/c1-4-7-10-13-16-19-22-25-28-31-33-35-37-38-39-41-42-44-47-50-53-56-59-62-65-68-74(77)80-71-72(70-79-73(76)67-64-61-58-55-52-49-46-30-27-24-21-18-15-12-9-6-3)81-75(78)69-66-63-60-57-54-51-48-45-43-40-36-34-32-29-26-23-20-17-14-11-8-5-2/h31,33,72H,4-30,32,34-71H2,1-3H3/b33-31-. The molecule has 0 aliphatic rings. The van der Waals surface area contributed by atoms with Gasteiger partial charge in [0.15, 0.2) is 6.10 Å². The molecule has 0 spiro atoms. The van der Waals surface area contributed by atoms with Crippen LogP contribution < -0.4 is 0 Å². The van der Waals surface area contributed by atoms with Crippen LogP contribution in [-0.2, 0) is 28.6 Å². The molecule has 0 amide bonds. The zero-order chi connectivity index (χ0) is 58.5. The van der Waals surface area contributed by atoms with Gasteiger partial charge < -0.3 is 14.2 Å². The monoisotopic (exact) mass is 1140 g/mol. The summed E-state index contributed by atoms with van der Waals surface area (Å²) >= 11 is 0. The van der Waals surface area contributed by atoms with Crippen molar-refractivity contribution in [1.82, 2.24) is 0 Å². The lowest BCUT2D eigenvalue weighted by atomic mass is 10.0. The molecule has 81 heavy (non-hydrogen) atoms. The molecule has 0 rings (SSSR count). The summed E-state index contributed by atoms with van der Waals surface area (Å²) in [6, 6.07) is 0. The maximum absolute atomic E-state index is 13.0. The van der Waals surface area contributed by atoms with Crippen molar-refractivity contribution in [3.05, 3.63) is 12.2 Å². The normalized spacial score (nSPS) is 12.0. The van der Waals surface area contributed by atoms with Crippen LogP contribution in [0.5, 0.6) is 0 Å². The predicted molar refractivity (Wildman–Crippen MR) is 353 cm³/mol. The first-order valence-electron chi connectivity index (χ1n) is 37.2. The highest BCUT2D eigenvalue weighted by Gasteiger charge is 2.20. The Bertz CT molecular complexity index is 1260. The summed E-state index contributed by atoms with van der Waals surface area (Å²) in [5.41, 5.74) is 0. The third kappa shape index (κ3) is 68.8. The maximum Gasteiger partial charge on any atom is 0.306 e. The summed E-state index contributed by atoms with van der Waals surface area (Å²) < 4.78 is 17.0. The van der Waals surface area contributed by atoms with Gasteiger partial charge in [0.2, 0.25) is 0 Å². The summed E-state index contributed by atoms with van der Waals surface area (Å²) in [4.78, 5) is 38.5. The summed E-state index contributed by atoms with van der Waals surface area (Å²) in [6.45, 7) is 6.74. The first kappa shape index (κ1) is 79.2. The second-order valence-corrected chi connectivity index (χ2v) is 25.6. The lowest BCUT2D eigenvalue weighted by molar-refractivity contribution is -0.167. The van der Waals surface area contributed by atoms with Crippen LogP contribution in [0.1, 0.15) is 432 Å². The molecule has 0 fully saturated rings. The van der Waals surface area contributed by atoms with E-state index in [1.807, 2.05) is 0 Å². The minimum absolute atomic E-state index is 0.0621. The minimum atomic E-state index is -0.766. The smallest absolute Gasteiger partial charge is 0.306 e. The van der Waals surface area contributed by atoms with Gasteiger partial charge in [-0.2, -0.15) is 0 Å². The number of rotatable bonds is 70. The van der Waals surface area contributed by atoms with Crippen LogP contribution in [0.2, 0.25) is 0 Å². The molecule has 0 N–H and O–H groups in total. The SMILES string of the molecule is CCCCCCCCCC/C=C\CCCCCCCCCCCCCCCC(=O)OCC(COC(=O)CCCCCCCCCCCCCCCCCC)OC(=O)CCCCCCCCCCCCCCCCCCCCCCCC. The van der Waals surface area contributed by atoms with Crippen LogP contribution >= 0.6 is 0 Å². The van der Waals surface area contributed by atoms with Crippen molar-refractivity contribution in [2.75, 3.05) is 13.2 Å². The van der Waals surface area contributed by atoms with Crippen LogP contribution in [0.3, 0.4) is 0 Å². The fraction of sp³-hybridized carbons (Fsp3) is 0.933. The Morgan fingerprint density at radius 3 is 0.617 bits per heavy atom. The number of allylic oxidation sites excluding steroid dienone is 2. The molecule has 0 bridgehead atoms. The van der Waals surface area contributed by atoms with Gasteiger partial charge in [-0.3, -0.25) is 14.4 Å². The lowest BCUT2D eigenvalue weighted by Gasteiger charge is -2.18. The molecule has 480 valence electrons. The summed E-state index contributed by atoms with van der Waals surface area (Å²) in [5, 5.41) is 0. The van der Waals surface area contributed by atoms with E-state index in [0.717, 1.165) is 57.8 Å². The van der Waals surface area contributed by atoms with E-state index in [1.165, 1.54) is 334 Å². The van der Waals surface area contributed by atoms with Gasteiger partial charge in [-0.15, -0.1) is 0 Å². The average molecular weight is 1140 g/mol. The molecule has 0 aromatic carbocycles. The van der Waals surface area contributed by atoms with Gasteiger partial charge in [0.05, 0.1) is 0 Å². The molecule has 0 heterocycles. The Labute approximate surface area is 507 Å². The number of hydrogen-bond donors (Lipinski definition) is 0. The Morgan fingerprint density at radius 1 is 0.235 bits per heavy atom. The Hall–Kier alpha value is -1.85. The van der Waals surface area contributed by atoms with Crippen molar-refractivity contribution < 1.29 is 28.6 Å². The molecule has 0 saturated heterocycles.